The number of amides is 1. The molecular formula is C21H21N3O2. The normalized spacial score (nSPS) is 17.1. The van der Waals surface area contributed by atoms with E-state index in [1.54, 1.807) is 0 Å². The minimum absolute atomic E-state index is 0.0464. The molecule has 0 spiro atoms. The lowest BCUT2D eigenvalue weighted by Crippen LogP contribution is -2.24. The van der Waals surface area contributed by atoms with Crippen molar-refractivity contribution in [3.8, 4) is 11.5 Å². The Morgan fingerprint density at radius 1 is 1.15 bits per heavy atom. The Bertz CT molecular complexity index is 930. The van der Waals surface area contributed by atoms with Crippen LogP contribution in [0, 0.1) is 6.92 Å². The van der Waals surface area contributed by atoms with Crippen LogP contribution in [0.2, 0.25) is 0 Å². The fourth-order valence-electron chi connectivity index (χ4n) is 3.36. The van der Waals surface area contributed by atoms with E-state index in [-0.39, 0.29) is 11.8 Å². The topological polar surface area (TPSA) is 59.2 Å². The van der Waals surface area contributed by atoms with E-state index in [1.807, 2.05) is 48.2 Å². The van der Waals surface area contributed by atoms with Gasteiger partial charge in [0.25, 0.3) is 5.89 Å². The molecule has 1 saturated heterocycles. The van der Waals surface area contributed by atoms with E-state index in [0.29, 0.717) is 24.7 Å². The zero-order chi connectivity index (χ0) is 18.1. The molecule has 3 aromatic rings. The number of hydrogen-bond donors (Lipinski definition) is 0. The van der Waals surface area contributed by atoms with E-state index < -0.39 is 0 Å². The second-order valence-corrected chi connectivity index (χ2v) is 6.70. The van der Waals surface area contributed by atoms with Crippen LogP contribution in [-0.2, 0) is 11.2 Å². The van der Waals surface area contributed by atoms with Crippen molar-refractivity contribution in [3.63, 3.8) is 0 Å². The number of rotatable bonds is 4. The van der Waals surface area contributed by atoms with Gasteiger partial charge in [0, 0.05) is 30.1 Å². The number of nitrogens with zero attached hydrogens (tertiary/aromatic N) is 3. The molecular weight excluding hydrogens is 326 g/mol. The van der Waals surface area contributed by atoms with Gasteiger partial charge < -0.3 is 9.42 Å². The van der Waals surface area contributed by atoms with E-state index >= 15 is 0 Å². The zero-order valence-corrected chi connectivity index (χ0v) is 15.0. The monoisotopic (exact) mass is 347 g/mol. The summed E-state index contributed by atoms with van der Waals surface area (Å²) in [5.41, 5.74) is 4.21. The Hall–Kier alpha value is -2.95. The first-order valence-electron chi connectivity index (χ1n) is 8.94. The van der Waals surface area contributed by atoms with Crippen LogP contribution in [0.1, 0.15) is 36.2 Å². The van der Waals surface area contributed by atoms with Gasteiger partial charge in [0.15, 0.2) is 5.82 Å². The fourth-order valence-corrected chi connectivity index (χ4v) is 3.36. The molecule has 4 rings (SSSR count). The third-order valence-electron chi connectivity index (χ3n) is 4.96. The standard InChI is InChI=1S/C21H21N3O2/c1-3-15-8-10-17(11-9-15)24-13-16(12-19(24)25)20-22-21(26-23-20)18-7-5-4-6-14(18)2/h4-11,16H,3,12-13H2,1-2H3. The quantitative estimate of drug-likeness (QED) is 0.712. The second-order valence-electron chi connectivity index (χ2n) is 6.70. The zero-order valence-electron chi connectivity index (χ0n) is 15.0. The van der Waals surface area contributed by atoms with E-state index in [4.69, 9.17) is 4.52 Å². The van der Waals surface area contributed by atoms with Crippen LogP contribution in [-0.4, -0.2) is 22.6 Å². The smallest absolute Gasteiger partial charge is 0.258 e. The van der Waals surface area contributed by atoms with Crippen LogP contribution in [0.4, 0.5) is 5.69 Å². The number of aryl methyl sites for hydroxylation is 2. The lowest BCUT2D eigenvalue weighted by Gasteiger charge is -2.16. The van der Waals surface area contributed by atoms with Gasteiger partial charge in [0.1, 0.15) is 0 Å². The summed E-state index contributed by atoms with van der Waals surface area (Å²) in [6.07, 6.45) is 1.39. The van der Waals surface area contributed by atoms with Crippen molar-refractivity contribution in [2.24, 2.45) is 0 Å². The summed E-state index contributed by atoms with van der Waals surface area (Å²) in [6, 6.07) is 16.1. The first-order valence-corrected chi connectivity index (χ1v) is 8.94. The van der Waals surface area contributed by atoms with Gasteiger partial charge in [-0.15, -0.1) is 0 Å². The summed E-state index contributed by atoms with van der Waals surface area (Å²) >= 11 is 0. The molecule has 5 heteroatoms. The van der Waals surface area contributed by atoms with Crippen LogP contribution in [0.5, 0.6) is 0 Å². The highest BCUT2D eigenvalue weighted by molar-refractivity contribution is 5.96. The summed E-state index contributed by atoms with van der Waals surface area (Å²) in [7, 11) is 0. The number of hydrogen-bond acceptors (Lipinski definition) is 4. The first-order chi connectivity index (χ1) is 12.7. The van der Waals surface area contributed by atoms with Gasteiger partial charge in [-0.05, 0) is 42.7 Å². The number of carbonyl (C=O) groups is 1. The summed E-state index contributed by atoms with van der Waals surface area (Å²) in [6.45, 7) is 4.71. The molecule has 1 fully saturated rings. The van der Waals surface area contributed by atoms with Crippen LogP contribution in [0.25, 0.3) is 11.5 Å². The second kappa shape index (κ2) is 6.75. The van der Waals surface area contributed by atoms with E-state index in [9.17, 15) is 4.79 Å². The maximum Gasteiger partial charge on any atom is 0.258 e. The summed E-state index contributed by atoms with van der Waals surface area (Å²) in [5, 5.41) is 4.14. The van der Waals surface area contributed by atoms with Gasteiger partial charge in [-0.1, -0.05) is 42.4 Å². The van der Waals surface area contributed by atoms with Crippen molar-refractivity contribution in [3.05, 3.63) is 65.5 Å². The molecule has 0 aliphatic carbocycles. The van der Waals surface area contributed by atoms with E-state index in [2.05, 4.69) is 29.2 Å². The van der Waals surface area contributed by atoms with Crippen LogP contribution >= 0.6 is 0 Å². The largest absolute Gasteiger partial charge is 0.334 e. The molecule has 0 bridgehead atoms. The number of carbonyl (C=O) groups excluding carboxylic acids is 1. The summed E-state index contributed by atoms with van der Waals surface area (Å²) < 4.78 is 5.46. The molecule has 2 heterocycles. The van der Waals surface area contributed by atoms with Gasteiger partial charge in [0.05, 0.1) is 0 Å². The van der Waals surface area contributed by atoms with Crippen LogP contribution < -0.4 is 4.90 Å². The molecule has 0 radical (unpaired) electrons. The Balaban J connectivity index is 1.55. The number of benzene rings is 2. The van der Waals surface area contributed by atoms with Crippen molar-refractivity contribution in [2.45, 2.75) is 32.6 Å². The minimum Gasteiger partial charge on any atom is -0.334 e. The van der Waals surface area contributed by atoms with E-state index in [1.165, 1.54) is 5.56 Å². The molecule has 2 aromatic carbocycles. The Morgan fingerprint density at radius 2 is 1.92 bits per heavy atom. The highest BCUT2D eigenvalue weighted by atomic mass is 16.5. The third kappa shape index (κ3) is 3.01. The summed E-state index contributed by atoms with van der Waals surface area (Å²) in [4.78, 5) is 18.9. The fraction of sp³-hybridized carbons (Fsp3) is 0.286. The Morgan fingerprint density at radius 3 is 2.65 bits per heavy atom. The Kier molecular flexibility index (Phi) is 4.29. The van der Waals surface area contributed by atoms with Crippen LogP contribution in [0.3, 0.4) is 0 Å². The number of aromatic nitrogens is 2. The molecule has 132 valence electrons. The van der Waals surface area contributed by atoms with Crippen molar-refractivity contribution >= 4 is 11.6 Å². The van der Waals surface area contributed by atoms with Gasteiger partial charge in [-0.25, -0.2) is 0 Å². The average molecular weight is 347 g/mol. The van der Waals surface area contributed by atoms with Gasteiger partial charge in [0.2, 0.25) is 5.91 Å². The maximum atomic E-state index is 12.5. The third-order valence-corrected chi connectivity index (χ3v) is 4.96. The molecule has 1 aliphatic rings. The lowest BCUT2D eigenvalue weighted by atomic mass is 10.1. The molecule has 26 heavy (non-hydrogen) atoms. The molecule has 1 unspecified atom stereocenters. The first kappa shape index (κ1) is 16.5. The van der Waals surface area contributed by atoms with Crippen molar-refractivity contribution in [1.29, 1.82) is 0 Å². The van der Waals surface area contributed by atoms with Gasteiger partial charge in [-0.2, -0.15) is 4.98 Å². The van der Waals surface area contributed by atoms with E-state index in [0.717, 1.165) is 23.2 Å². The highest BCUT2D eigenvalue weighted by Crippen LogP contribution is 2.32. The van der Waals surface area contributed by atoms with Crippen LogP contribution in [0.15, 0.2) is 53.1 Å². The predicted molar refractivity (Wildman–Crippen MR) is 100 cm³/mol. The molecule has 0 saturated carbocycles. The molecule has 5 nitrogen and oxygen atoms in total. The lowest BCUT2D eigenvalue weighted by molar-refractivity contribution is -0.117. The van der Waals surface area contributed by atoms with Crippen molar-refractivity contribution < 1.29 is 9.32 Å². The average Bonchev–Trinajstić information content (AvgIpc) is 3.29. The molecule has 1 aromatic heterocycles. The molecule has 1 aliphatic heterocycles. The molecule has 1 atom stereocenters. The maximum absolute atomic E-state index is 12.5. The van der Waals surface area contributed by atoms with Gasteiger partial charge >= 0.3 is 0 Å². The summed E-state index contributed by atoms with van der Waals surface area (Å²) in [5.74, 6) is 1.16. The minimum atomic E-state index is -0.0464. The van der Waals surface area contributed by atoms with Gasteiger partial charge in [-0.3, -0.25) is 4.79 Å². The van der Waals surface area contributed by atoms with Crippen molar-refractivity contribution in [1.82, 2.24) is 10.1 Å². The predicted octanol–water partition coefficient (Wildman–Crippen LogP) is 4.13. The van der Waals surface area contributed by atoms with Crippen molar-refractivity contribution in [2.75, 3.05) is 11.4 Å². The molecule has 1 amide bonds. The SMILES string of the molecule is CCc1ccc(N2CC(c3noc(-c4ccccc4C)n3)CC2=O)cc1. The number of anilines is 1. The molecule has 0 N–H and O–H groups in total. The highest BCUT2D eigenvalue weighted by Gasteiger charge is 2.34. The Labute approximate surface area is 152 Å².